The predicted octanol–water partition coefficient (Wildman–Crippen LogP) is 2.56. The van der Waals surface area contributed by atoms with E-state index in [4.69, 9.17) is 14.5 Å². The quantitative estimate of drug-likeness (QED) is 0.512. The number of nitrogens with one attached hydrogen (secondary N) is 2. The lowest BCUT2D eigenvalue weighted by atomic mass is 10.1. The first kappa shape index (κ1) is 21.5. The highest BCUT2D eigenvalue weighted by molar-refractivity contribution is 5.79. The summed E-state index contributed by atoms with van der Waals surface area (Å²) in [5.74, 6) is 1.79. The summed E-state index contributed by atoms with van der Waals surface area (Å²) in [5.41, 5.74) is 2.32. The van der Waals surface area contributed by atoms with Crippen LogP contribution in [0.1, 0.15) is 38.3 Å². The van der Waals surface area contributed by atoms with Crippen LogP contribution in [0.2, 0.25) is 0 Å². The Morgan fingerprint density at radius 2 is 2.04 bits per heavy atom. The maximum Gasteiger partial charge on any atom is 0.191 e. The van der Waals surface area contributed by atoms with E-state index in [2.05, 4.69) is 61.4 Å². The van der Waals surface area contributed by atoms with Gasteiger partial charge in [-0.25, -0.2) is 4.99 Å². The third kappa shape index (κ3) is 7.77. The minimum absolute atomic E-state index is 0.203. The van der Waals surface area contributed by atoms with Crippen molar-refractivity contribution in [3.8, 4) is 5.75 Å². The highest BCUT2D eigenvalue weighted by atomic mass is 16.5. The molecule has 0 aliphatic carbocycles. The van der Waals surface area contributed by atoms with Crippen molar-refractivity contribution in [2.75, 3.05) is 45.9 Å². The molecule has 1 aromatic rings. The Kier molecular flexibility index (Phi) is 9.42. The number of benzene rings is 1. The van der Waals surface area contributed by atoms with E-state index in [1.807, 2.05) is 0 Å². The SMILES string of the molecule is CCNC(=NCc1ccc(C)cc1OC(C)CC)NCCN1CCOCC1. The van der Waals surface area contributed by atoms with E-state index in [1.54, 1.807) is 0 Å². The molecule has 6 heteroatoms. The van der Waals surface area contributed by atoms with Crippen molar-refractivity contribution in [1.29, 1.82) is 0 Å². The molecule has 1 aliphatic heterocycles. The van der Waals surface area contributed by atoms with Crippen LogP contribution < -0.4 is 15.4 Å². The number of aliphatic imine (C=N–C) groups is 1. The van der Waals surface area contributed by atoms with Crippen LogP contribution in [-0.4, -0.2) is 62.9 Å². The lowest BCUT2D eigenvalue weighted by Crippen LogP contribution is -2.44. The van der Waals surface area contributed by atoms with Crippen LogP contribution in [0.25, 0.3) is 0 Å². The zero-order chi connectivity index (χ0) is 19.5. The summed E-state index contributed by atoms with van der Waals surface area (Å²) in [4.78, 5) is 7.18. The minimum atomic E-state index is 0.203. The van der Waals surface area contributed by atoms with Gasteiger partial charge >= 0.3 is 0 Å². The van der Waals surface area contributed by atoms with Gasteiger partial charge in [0.15, 0.2) is 5.96 Å². The fourth-order valence-corrected chi connectivity index (χ4v) is 2.87. The van der Waals surface area contributed by atoms with Crippen LogP contribution >= 0.6 is 0 Å². The van der Waals surface area contributed by atoms with Crippen LogP contribution in [-0.2, 0) is 11.3 Å². The highest BCUT2D eigenvalue weighted by Crippen LogP contribution is 2.23. The van der Waals surface area contributed by atoms with Gasteiger partial charge in [-0.05, 0) is 38.8 Å². The van der Waals surface area contributed by atoms with E-state index in [0.29, 0.717) is 6.54 Å². The summed E-state index contributed by atoms with van der Waals surface area (Å²) in [5, 5.41) is 6.76. The molecule has 2 rings (SSSR count). The number of hydrogen-bond donors (Lipinski definition) is 2. The number of guanidine groups is 1. The van der Waals surface area contributed by atoms with Gasteiger partial charge in [0.05, 0.1) is 25.9 Å². The molecule has 1 aliphatic rings. The number of ether oxygens (including phenoxy) is 2. The molecule has 1 heterocycles. The second kappa shape index (κ2) is 11.8. The standard InChI is InChI=1S/C21H36N4O2/c1-5-18(4)27-20-15-17(3)7-8-19(20)16-24-21(22-6-2)23-9-10-25-11-13-26-14-12-25/h7-8,15,18H,5-6,9-14,16H2,1-4H3,(H2,22,23,24). The van der Waals surface area contributed by atoms with Gasteiger partial charge in [-0.1, -0.05) is 19.1 Å². The molecular weight excluding hydrogens is 340 g/mol. The molecule has 0 saturated carbocycles. The van der Waals surface area contributed by atoms with Gasteiger partial charge in [0.1, 0.15) is 5.75 Å². The van der Waals surface area contributed by atoms with E-state index in [-0.39, 0.29) is 6.10 Å². The molecule has 1 saturated heterocycles. The van der Waals surface area contributed by atoms with Gasteiger partial charge in [0.2, 0.25) is 0 Å². The Morgan fingerprint density at radius 1 is 1.26 bits per heavy atom. The Labute approximate surface area is 164 Å². The maximum atomic E-state index is 6.10. The van der Waals surface area contributed by atoms with E-state index >= 15 is 0 Å². The third-order valence-electron chi connectivity index (χ3n) is 4.70. The van der Waals surface area contributed by atoms with Crippen molar-refractivity contribution in [2.24, 2.45) is 4.99 Å². The van der Waals surface area contributed by atoms with E-state index in [9.17, 15) is 0 Å². The first-order valence-electron chi connectivity index (χ1n) is 10.2. The molecule has 1 unspecified atom stereocenters. The fraction of sp³-hybridized carbons (Fsp3) is 0.667. The second-order valence-corrected chi connectivity index (χ2v) is 7.02. The Bertz CT molecular complexity index is 586. The first-order chi connectivity index (χ1) is 13.1. The third-order valence-corrected chi connectivity index (χ3v) is 4.70. The normalized spacial score (nSPS) is 16.8. The smallest absolute Gasteiger partial charge is 0.191 e. The van der Waals surface area contributed by atoms with Crippen molar-refractivity contribution >= 4 is 5.96 Å². The minimum Gasteiger partial charge on any atom is -0.490 e. The van der Waals surface area contributed by atoms with Gasteiger partial charge < -0.3 is 20.1 Å². The van der Waals surface area contributed by atoms with Gasteiger partial charge in [0.25, 0.3) is 0 Å². The number of morpholine rings is 1. The molecule has 1 aromatic carbocycles. The molecule has 6 nitrogen and oxygen atoms in total. The van der Waals surface area contributed by atoms with Crippen LogP contribution in [0.3, 0.4) is 0 Å². The largest absolute Gasteiger partial charge is 0.490 e. The van der Waals surface area contributed by atoms with Gasteiger partial charge in [-0.2, -0.15) is 0 Å². The number of rotatable bonds is 9. The highest BCUT2D eigenvalue weighted by Gasteiger charge is 2.10. The molecule has 0 spiro atoms. The molecule has 152 valence electrons. The van der Waals surface area contributed by atoms with Crippen molar-refractivity contribution in [1.82, 2.24) is 15.5 Å². The van der Waals surface area contributed by atoms with E-state index < -0.39 is 0 Å². The second-order valence-electron chi connectivity index (χ2n) is 7.02. The summed E-state index contributed by atoms with van der Waals surface area (Å²) in [6.07, 6.45) is 1.19. The van der Waals surface area contributed by atoms with Crippen molar-refractivity contribution in [2.45, 2.75) is 46.8 Å². The zero-order valence-corrected chi connectivity index (χ0v) is 17.4. The number of hydrogen-bond acceptors (Lipinski definition) is 4. The first-order valence-corrected chi connectivity index (χ1v) is 10.2. The molecule has 0 aromatic heterocycles. The number of nitrogens with zero attached hydrogens (tertiary/aromatic N) is 2. The summed E-state index contributed by atoms with van der Waals surface area (Å²) in [7, 11) is 0. The lowest BCUT2D eigenvalue weighted by molar-refractivity contribution is 0.0389. The summed E-state index contributed by atoms with van der Waals surface area (Å²) in [6.45, 7) is 15.4. The zero-order valence-electron chi connectivity index (χ0n) is 17.4. The van der Waals surface area contributed by atoms with Crippen LogP contribution in [0.15, 0.2) is 23.2 Å². The lowest BCUT2D eigenvalue weighted by Gasteiger charge is -2.26. The van der Waals surface area contributed by atoms with E-state index in [1.165, 1.54) is 5.56 Å². The van der Waals surface area contributed by atoms with Gasteiger partial charge in [-0.3, -0.25) is 4.90 Å². The fourth-order valence-electron chi connectivity index (χ4n) is 2.87. The van der Waals surface area contributed by atoms with Crippen LogP contribution in [0.5, 0.6) is 5.75 Å². The number of aryl methyl sites for hydroxylation is 1. The van der Waals surface area contributed by atoms with Crippen LogP contribution in [0.4, 0.5) is 0 Å². The molecule has 2 N–H and O–H groups in total. The molecule has 0 bridgehead atoms. The van der Waals surface area contributed by atoms with Crippen molar-refractivity contribution in [3.05, 3.63) is 29.3 Å². The molecule has 27 heavy (non-hydrogen) atoms. The summed E-state index contributed by atoms with van der Waals surface area (Å²) < 4.78 is 11.5. The molecular formula is C21H36N4O2. The van der Waals surface area contributed by atoms with E-state index in [0.717, 1.165) is 69.6 Å². The summed E-state index contributed by atoms with van der Waals surface area (Å²) in [6, 6.07) is 6.34. The predicted molar refractivity (Wildman–Crippen MR) is 112 cm³/mol. The molecule has 1 fully saturated rings. The molecule has 1 atom stereocenters. The molecule has 0 amide bonds. The average Bonchev–Trinajstić information content (AvgIpc) is 2.68. The van der Waals surface area contributed by atoms with Gasteiger partial charge in [0, 0.05) is 38.3 Å². The van der Waals surface area contributed by atoms with Crippen molar-refractivity contribution in [3.63, 3.8) is 0 Å². The average molecular weight is 377 g/mol. The Balaban J connectivity index is 1.94. The van der Waals surface area contributed by atoms with Gasteiger partial charge in [-0.15, -0.1) is 0 Å². The Morgan fingerprint density at radius 3 is 2.74 bits per heavy atom. The van der Waals surface area contributed by atoms with Crippen LogP contribution in [0, 0.1) is 6.92 Å². The summed E-state index contributed by atoms with van der Waals surface area (Å²) >= 11 is 0. The molecule has 0 radical (unpaired) electrons. The Hall–Kier alpha value is -1.79. The topological polar surface area (TPSA) is 58.1 Å². The van der Waals surface area contributed by atoms with Crippen molar-refractivity contribution < 1.29 is 9.47 Å². The maximum absolute atomic E-state index is 6.10. The monoisotopic (exact) mass is 376 g/mol.